The number of nitrogens with one attached hydrogen (secondary N) is 2. The molecule has 0 amide bonds. The molecule has 2 N–H and O–H groups in total. The van der Waals surface area contributed by atoms with Crippen molar-refractivity contribution in [3.8, 4) is 11.5 Å². The van der Waals surface area contributed by atoms with Gasteiger partial charge in [-0.05, 0) is 56.7 Å². The molecule has 24 heavy (non-hydrogen) atoms. The lowest BCUT2D eigenvalue weighted by Crippen LogP contribution is -2.13. The Labute approximate surface area is 145 Å². The molecule has 0 aromatic heterocycles. The summed E-state index contributed by atoms with van der Waals surface area (Å²) < 4.78 is 11.3. The highest BCUT2D eigenvalue weighted by molar-refractivity contribution is 5.49. The van der Waals surface area contributed by atoms with Gasteiger partial charge in [0.25, 0.3) is 0 Å². The molecule has 0 saturated heterocycles. The fourth-order valence-corrected chi connectivity index (χ4v) is 2.25. The molecule has 0 heterocycles. The quantitative estimate of drug-likeness (QED) is 0.616. The third kappa shape index (κ3) is 6.41. The molecule has 130 valence electrons. The maximum atomic E-state index is 5.64. The molecule has 2 aromatic rings. The number of benzene rings is 2. The SMILES string of the molecule is CCCOc1cccc(NCCNc2ccc(OC(C)C)cc2)c1. The zero-order chi connectivity index (χ0) is 17.2. The summed E-state index contributed by atoms with van der Waals surface area (Å²) in [6.45, 7) is 8.59. The van der Waals surface area contributed by atoms with Crippen LogP contribution in [0.4, 0.5) is 11.4 Å². The van der Waals surface area contributed by atoms with Gasteiger partial charge < -0.3 is 20.1 Å². The highest BCUT2D eigenvalue weighted by Crippen LogP contribution is 2.18. The third-order valence-electron chi connectivity index (χ3n) is 3.32. The van der Waals surface area contributed by atoms with E-state index in [1.807, 2.05) is 56.3 Å². The Morgan fingerprint density at radius 2 is 1.58 bits per heavy atom. The Kier molecular flexibility index (Phi) is 7.27. The Morgan fingerprint density at radius 1 is 0.875 bits per heavy atom. The maximum absolute atomic E-state index is 5.64. The van der Waals surface area contributed by atoms with Crippen LogP contribution in [0.3, 0.4) is 0 Å². The molecular weight excluding hydrogens is 300 g/mol. The smallest absolute Gasteiger partial charge is 0.121 e. The first-order chi connectivity index (χ1) is 11.7. The summed E-state index contributed by atoms with van der Waals surface area (Å²) in [7, 11) is 0. The van der Waals surface area contributed by atoms with E-state index < -0.39 is 0 Å². The fraction of sp³-hybridized carbons (Fsp3) is 0.400. The molecule has 2 rings (SSSR count). The van der Waals surface area contributed by atoms with Gasteiger partial charge in [0.2, 0.25) is 0 Å². The molecule has 0 radical (unpaired) electrons. The van der Waals surface area contributed by atoms with Crippen molar-refractivity contribution in [3.63, 3.8) is 0 Å². The van der Waals surface area contributed by atoms with Crippen molar-refractivity contribution in [1.29, 1.82) is 0 Å². The molecule has 0 fully saturated rings. The van der Waals surface area contributed by atoms with Gasteiger partial charge in [0, 0.05) is 30.5 Å². The summed E-state index contributed by atoms with van der Waals surface area (Å²) in [5, 5.41) is 6.80. The van der Waals surface area contributed by atoms with Gasteiger partial charge >= 0.3 is 0 Å². The van der Waals surface area contributed by atoms with E-state index in [9.17, 15) is 0 Å². The summed E-state index contributed by atoms with van der Waals surface area (Å²) in [4.78, 5) is 0. The predicted molar refractivity (Wildman–Crippen MR) is 101 cm³/mol. The van der Waals surface area contributed by atoms with Crippen molar-refractivity contribution in [1.82, 2.24) is 0 Å². The van der Waals surface area contributed by atoms with Gasteiger partial charge in [0.1, 0.15) is 11.5 Å². The highest BCUT2D eigenvalue weighted by atomic mass is 16.5. The molecule has 0 atom stereocenters. The van der Waals surface area contributed by atoms with E-state index in [2.05, 4.69) is 23.6 Å². The van der Waals surface area contributed by atoms with Gasteiger partial charge in [-0.2, -0.15) is 0 Å². The maximum Gasteiger partial charge on any atom is 0.121 e. The molecule has 0 spiro atoms. The van der Waals surface area contributed by atoms with Crippen LogP contribution in [0.1, 0.15) is 27.2 Å². The number of hydrogen-bond acceptors (Lipinski definition) is 4. The molecule has 0 aliphatic rings. The average molecular weight is 328 g/mol. The zero-order valence-corrected chi connectivity index (χ0v) is 14.8. The molecule has 0 saturated carbocycles. The van der Waals surface area contributed by atoms with E-state index in [0.29, 0.717) is 0 Å². The number of hydrogen-bond donors (Lipinski definition) is 2. The normalized spacial score (nSPS) is 10.5. The Bertz CT molecular complexity index is 597. The van der Waals surface area contributed by atoms with Crippen molar-refractivity contribution >= 4 is 11.4 Å². The van der Waals surface area contributed by atoms with Crippen molar-refractivity contribution < 1.29 is 9.47 Å². The first-order valence-corrected chi connectivity index (χ1v) is 8.64. The second-order valence-electron chi connectivity index (χ2n) is 5.92. The van der Waals surface area contributed by atoms with Gasteiger partial charge in [-0.25, -0.2) is 0 Å². The van der Waals surface area contributed by atoms with Crippen LogP contribution in [0, 0.1) is 0 Å². The first kappa shape index (κ1) is 18.0. The van der Waals surface area contributed by atoms with E-state index >= 15 is 0 Å². The van der Waals surface area contributed by atoms with Crippen LogP contribution in [0.5, 0.6) is 11.5 Å². The average Bonchev–Trinajstić information content (AvgIpc) is 2.58. The van der Waals surface area contributed by atoms with Gasteiger partial charge in [-0.3, -0.25) is 0 Å². The molecule has 4 heteroatoms. The minimum absolute atomic E-state index is 0.199. The predicted octanol–water partition coefficient (Wildman–Crippen LogP) is 4.79. The molecular formula is C20H28N2O2. The first-order valence-electron chi connectivity index (χ1n) is 8.64. The topological polar surface area (TPSA) is 42.5 Å². The van der Waals surface area contributed by atoms with Crippen LogP contribution in [0.2, 0.25) is 0 Å². The number of rotatable bonds is 10. The molecule has 4 nitrogen and oxygen atoms in total. The van der Waals surface area contributed by atoms with E-state index in [1.54, 1.807) is 0 Å². The summed E-state index contributed by atoms with van der Waals surface area (Å²) in [6.07, 6.45) is 1.22. The molecule has 0 aliphatic heterocycles. The largest absolute Gasteiger partial charge is 0.494 e. The van der Waals surface area contributed by atoms with E-state index in [-0.39, 0.29) is 6.10 Å². The van der Waals surface area contributed by atoms with Crippen LogP contribution in [0.25, 0.3) is 0 Å². The van der Waals surface area contributed by atoms with Crippen molar-refractivity contribution in [3.05, 3.63) is 48.5 Å². The van der Waals surface area contributed by atoms with Crippen LogP contribution in [-0.4, -0.2) is 25.8 Å². The lowest BCUT2D eigenvalue weighted by Gasteiger charge is -2.12. The molecule has 0 unspecified atom stereocenters. The third-order valence-corrected chi connectivity index (χ3v) is 3.32. The van der Waals surface area contributed by atoms with Crippen molar-refractivity contribution in [2.24, 2.45) is 0 Å². The van der Waals surface area contributed by atoms with E-state index in [1.165, 1.54) is 0 Å². The standard InChI is InChI=1S/C20H28N2O2/c1-4-14-23-20-7-5-6-18(15-20)22-13-12-21-17-8-10-19(11-9-17)24-16(2)3/h5-11,15-16,21-22H,4,12-14H2,1-3H3. The zero-order valence-electron chi connectivity index (χ0n) is 14.8. The summed E-state index contributed by atoms with van der Waals surface area (Å²) in [5.41, 5.74) is 2.17. The van der Waals surface area contributed by atoms with Crippen molar-refractivity contribution in [2.45, 2.75) is 33.3 Å². The highest BCUT2D eigenvalue weighted by Gasteiger charge is 1.99. The number of anilines is 2. The Balaban J connectivity index is 1.72. The molecule has 0 bridgehead atoms. The van der Waals surface area contributed by atoms with Gasteiger partial charge in [-0.1, -0.05) is 13.0 Å². The summed E-state index contributed by atoms with van der Waals surface area (Å²) in [6, 6.07) is 16.1. The second-order valence-corrected chi connectivity index (χ2v) is 5.92. The fourth-order valence-electron chi connectivity index (χ4n) is 2.25. The minimum Gasteiger partial charge on any atom is -0.494 e. The lowest BCUT2D eigenvalue weighted by molar-refractivity contribution is 0.242. The van der Waals surface area contributed by atoms with E-state index in [0.717, 1.165) is 49.0 Å². The molecule has 2 aromatic carbocycles. The second kappa shape index (κ2) is 9.71. The summed E-state index contributed by atoms with van der Waals surface area (Å²) >= 11 is 0. The van der Waals surface area contributed by atoms with Crippen LogP contribution in [-0.2, 0) is 0 Å². The molecule has 0 aliphatic carbocycles. The lowest BCUT2D eigenvalue weighted by atomic mass is 10.3. The Hall–Kier alpha value is -2.36. The van der Waals surface area contributed by atoms with E-state index in [4.69, 9.17) is 9.47 Å². The monoisotopic (exact) mass is 328 g/mol. The minimum atomic E-state index is 0.199. The van der Waals surface area contributed by atoms with Gasteiger partial charge in [0.05, 0.1) is 12.7 Å². The Morgan fingerprint density at radius 3 is 2.25 bits per heavy atom. The van der Waals surface area contributed by atoms with Gasteiger partial charge in [0.15, 0.2) is 0 Å². The summed E-state index contributed by atoms with van der Waals surface area (Å²) in [5.74, 6) is 1.81. The van der Waals surface area contributed by atoms with Crippen LogP contribution in [0.15, 0.2) is 48.5 Å². The van der Waals surface area contributed by atoms with Crippen LogP contribution >= 0.6 is 0 Å². The van der Waals surface area contributed by atoms with Crippen molar-refractivity contribution in [2.75, 3.05) is 30.3 Å². The number of ether oxygens (including phenoxy) is 2. The van der Waals surface area contributed by atoms with Crippen LogP contribution < -0.4 is 20.1 Å². The van der Waals surface area contributed by atoms with Gasteiger partial charge in [-0.15, -0.1) is 0 Å².